The van der Waals surface area contributed by atoms with E-state index in [1.807, 2.05) is 6.07 Å². The van der Waals surface area contributed by atoms with Gasteiger partial charge in [-0.1, -0.05) is 26.7 Å². The predicted molar refractivity (Wildman–Crippen MR) is 83.3 cm³/mol. The zero-order valence-corrected chi connectivity index (χ0v) is 13.3. The highest BCUT2D eigenvalue weighted by molar-refractivity contribution is 9.10. The van der Waals surface area contributed by atoms with E-state index < -0.39 is 0 Å². The van der Waals surface area contributed by atoms with Crippen LogP contribution in [0.3, 0.4) is 0 Å². The first-order valence-corrected chi connectivity index (χ1v) is 7.88. The third-order valence-corrected chi connectivity index (χ3v) is 5.42. The summed E-state index contributed by atoms with van der Waals surface area (Å²) in [6.45, 7) is 6.88. The van der Waals surface area contributed by atoms with E-state index in [1.54, 1.807) is 0 Å². The molecule has 0 aromatic heterocycles. The minimum absolute atomic E-state index is 0.556. The van der Waals surface area contributed by atoms with Crippen LogP contribution in [-0.4, -0.2) is 13.1 Å². The number of piperidine rings is 1. The molecule has 2 nitrogen and oxygen atoms in total. The van der Waals surface area contributed by atoms with E-state index in [1.165, 1.54) is 31.4 Å². The Morgan fingerprint density at radius 3 is 2.37 bits per heavy atom. The summed E-state index contributed by atoms with van der Waals surface area (Å²) in [5, 5.41) is 8.96. The zero-order valence-electron chi connectivity index (χ0n) is 11.7. The number of halogens is 1. The normalized spacial score (nSPS) is 18.1. The molecule has 0 unspecified atom stereocenters. The topological polar surface area (TPSA) is 27.0 Å². The molecule has 0 radical (unpaired) electrons. The summed E-state index contributed by atoms with van der Waals surface area (Å²) in [7, 11) is 0. The van der Waals surface area contributed by atoms with E-state index in [0.717, 1.165) is 17.6 Å². The van der Waals surface area contributed by atoms with Crippen LogP contribution < -0.4 is 4.90 Å². The first kappa shape index (κ1) is 14.4. The lowest BCUT2D eigenvalue weighted by Crippen LogP contribution is -2.39. The minimum Gasteiger partial charge on any atom is -0.371 e. The average molecular weight is 321 g/mol. The summed E-state index contributed by atoms with van der Waals surface area (Å²) < 4.78 is 0.898. The van der Waals surface area contributed by atoms with Gasteiger partial charge < -0.3 is 4.90 Å². The van der Waals surface area contributed by atoms with Gasteiger partial charge in [0.05, 0.1) is 5.56 Å². The van der Waals surface area contributed by atoms with Crippen molar-refractivity contribution in [3.8, 4) is 6.07 Å². The first-order valence-electron chi connectivity index (χ1n) is 7.09. The molecule has 1 aromatic rings. The monoisotopic (exact) mass is 320 g/mol. The smallest absolute Gasteiger partial charge is 0.100 e. The minimum atomic E-state index is 0.556. The molecule has 2 rings (SSSR count). The lowest BCUT2D eigenvalue weighted by Gasteiger charge is -2.42. The Morgan fingerprint density at radius 2 is 1.89 bits per heavy atom. The van der Waals surface area contributed by atoms with Gasteiger partial charge >= 0.3 is 0 Å². The SMILES string of the molecule is CCC1(CC)CCN(c2ccc(C#N)c(Br)c2)CC1. The molecule has 1 heterocycles. The highest BCUT2D eigenvalue weighted by Gasteiger charge is 2.31. The number of anilines is 1. The van der Waals surface area contributed by atoms with E-state index >= 15 is 0 Å². The Bertz CT molecular complexity index is 476. The van der Waals surface area contributed by atoms with Crippen molar-refractivity contribution in [1.82, 2.24) is 0 Å². The fourth-order valence-corrected chi connectivity index (χ4v) is 3.44. The summed E-state index contributed by atoms with van der Waals surface area (Å²) in [5.41, 5.74) is 2.49. The van der Waals surface area contributed by atoms with Gasteiger partial charge in [-0.05, 0) is 52.4 Å². The second-order valence-corrected chi connectivity index (χ2v) is 6.32. The van der Waals surface area contributed by atoms with Crippen LogP contribution in [0.5, 0.6) is 0 Å². The molecule has 0 spiro atoms. The molecule has 1 aliphatic rings. The van der Waals surface area contributed by atoms with E-state index in [4.69, 9.17) is 5.26 Å². The van der Waals surface area contributed by atoms with Gasteiger partial charge in [0.1, 0.15) is 6.07 Å². The molecule has 1 aromatic carbocycles. The van der Waals surface area contributed by atoms with Crippen molar-refractivity contribution >= 4 is 21.6 Å². The number of nitrogens with zero attached hydrogens (tertiary/aromatic N) is 2. The van der Waals surface area contributed by atoms with Gasteiger partial charge in [-0.15, -0.1) is 0 Å². The maximum absolute atomic E-state index is 8.96. The molecule has 0 amide bonds. The molecule has 1 saturated heterocycles. The van der Waals surface area contributed by atoms with E-state index in [9.17, 15) is 0 Å². The van der Waals surface area contributed by atoms with Crippen molar-refractivity contribution in [1.29, 1.82) is 5.26 Å². The van der Waals surface area contributed by atoms with Gasteiger partial charge in [0.2, 0.25) is 0 Å². The zero-order chi connectivity index (χ0) is 13.9. The highest BCUT2D eigenvalue weighted by Crippen LogP contribution is 2.39. The number of benzene rings is 1. The summed E-state index contributed by atoms with van der Waals surface area (Å²) in [6, 6.07) is 8.23. The van der Waals surface area contributed by atoms with Crippen molar-refractivity contribution in [2.45, 2.75) is 39.5 Å². The van der Waals surface area contributed by atoms with Crippen LogP contribution in [0.25, 0.3) is 0 Å². The molecule has 0 N–H and O–H groups in total. The van der Waals surface area contributed by atoms with Crippen LogP contribution in [0.1, 0.15) is 45.1 Å². The quantitative estimate of drug-likeness (QED) is 0.805. The van der Waals surface area contributed by atoms with Crippen LogP contribution in [0.2, 0.25) is 0 Å². The van der Waals surface area contributed by atoms with Crippen molar-refractivity contribution in [3.63, 3.8) is 0 Å². The number of hydrogen-bond donors (Lipinski definition) is 0. The molecule has 1 aliphatic heterocycles. The molecule has 19 heavy (non-hydrogen) atoms. The fourth-order valence-electron chi connectivity index (χ4n) is 2.99. The van der Waals surface area contributed by atoms with Crippen molar-refractivity contribution in [2.24, 2.45) is 5.41 Å². The Labute approximate surface area is 124 Å². The largest absolute Gasteiger partial charge is 0.371 e. The predicted octanol–water partition coefficient (Wildman–Crippen LogP) is 4.73. The van der Waals surface area contributed by atoms with Gasteiger partial charge in [-0.3, -0.25) is 0 Å². The first-order chi connectivity index (χ1) is 9.14. The summed E-state index contributed by atoms with van der Waals surface area (Å²) in [6.07, 6.45) is 5.12. The van der Waals surface area contributed by atoms with Gasteiger partial charge in [0.25, 0.3) is 0 Å². The van der Waals surface area contributed by atoms with Crippen LogP contribution in [0.4, 0.5) is 5.69 Å². The van der Waals surface area contributed by atoms with Crippen molar-refractivity contribution < 1.29 is 0 Å². The van der Waals surface area contributed by atoms with E-state index in [0.29, 0.717) is 11.0 Å². The molecule has 0 atom stereocenters. The molecule has 102 valence electrons. The average Bonchev–Trinajstić information content (AvgIpc) is 2.47. The molecule has 1 fully saturated rings. The van der Waals surface area contributed by atoms with E-state index in [-0.39, 0.29) is 0 Å². The van der Waals surface area contributed by atoms with Crippen LogP contribution in [-0.2, 0) is 0 Å². The van der Waals surface area contributed by atoms with Crippen LogP contribution in [0, 0.1) is 16.7 Å². The molecule has 0 bridgehead atoms. The standard InChI is InChI=1S/C16H21BrN2/c1-3-16(4-2)7-9-19(10-8-16)14-6-5-13(12-18)15(17)11-14/h5-6,11H,3-4,7-10H2,1-2H3. The maximum Gasteiger partial charge on any atom is 0.100 e. The number of hydrogen-bond acceptors (Lipinski definition) is 2. The molecule has 0 aliphatic carbocycles. The Kier molecular flexibility index (Phi) is 4.52. The number of rotatable bonds is 3. The Morgan fingerprint density at radius 1 is 1.26 bits per heavy atom. The van der Waals surface area contributed by atoms with E-state index in [2.05, 4.69) is 52.9 Å². The molecule has 3 heteroatoms. The fraction of sp³-hybridized carbons (Fsp3) is 0.562. The molecule has 0 saturated carbocycles. The summed E-state index contributed by atoms with van der Waals surface area (Å²) in [5.74, 6) is 0. The van der Waals surface area contributed by atoms with Gasteiger partial charge in [-0.25, -0.2) is 0 Å². The van der Waals surface area contributed by atoms with Gasteiger partial charge in [0, 0.05) is 23.2 Å². The van der Waals surface area contributed by atoms with Crippen molar-refractivity contribution in [3.05, 3.63) is 28.2 Å². The lowest BCUT2D eigenvalue weighted by molar-refractivity contribution is 0.199. The van der Waals surface area contributed by atoms with Crippen LogP contribution >= 0.6 is 15.9 Å². The van der Waals surface area contributed by atoms with Crippen molar-refractivity contribution in [2.75, 3.05) is 18.0 Å². The van der Waals surface area contributed by atoms with Gasteiger partial charge in [0.15, 0.2) is 0 Å². The maximum atomic E-state index is 8.96. The highest BCUT2D eigenvalue weighted by atomic mass is 79.9. The molecular formula is C16H21BrN2. The third-order valence-electron chi connectivity index (χ3n) is 4.76. The Balaban J connectivity index is 2.10. The summed E-state index contributed by atoms with van der Waals surface area (Å²) >= 11 is 3.47. The van der Waals surface area contributed by atoms with Gasteiger partial charge in [-0.2, -0.15) is 5.26 Å². The third kappa shape index (κ3) is 2.95. The second kappa shape index (κ2) is 5.96. The molecular weight excluding hydrogens is 300 g/mol. The second-order valence-electron chi connectivity index (χ2n) is 5.47. The summed E-state index contributed by atoms with van der Waals surface area (Å²) in [4.78, 5) is 2.44. The van der Waals surface area contributed by atoms with Crippen LogP contribution in [0.15, 0.2) is 22.7 Å². The Hall–Kier alpha value is -1.01. The number of nitriles is 1. The lowest BCUT2D eigenvalue weighted by atomic mass is 9.74.